The van der Waals surface area contributed by atoms with Crippen molar-refractivity contribution in [3.05, 3.63) is 22.7 Å². The summed E-state index contributed by atoms with van der Waals surface area (Å²) in [7, 11) is 3.58. The summed E-state index contributed by atoms with van der Waals surface area (Å²) in [4.78, 5) is 12.3. The summed E-state index contributed by atoms with van der Waals surface area (Å²) in [5, 5.41) is 6.35. The van der Waals surface area contributed by atoms with Crippen LogP contribution in [0.4, 0.5) is 5.69 Å². The standard InChI is InChI=1S/C16H23BrN2O2/c1-18-16(8-4-3-5-9-16)11-15(20)19-12-6-7-14(21-2)13(17)10-12/h6-7,10,18H,3-5,8-9,11H2,1-2H3,(H,19,20). The highest BCUT2D eigenvalue weighted by Gasteiger charge is 2.32. The van der Waals surface area contributed by atoms with Gasteiger partial charge in [-0.05, 0) is 54.0 Å². The Hall–Kier alpha value is -1.07. The van der Waals surface area contributed by atoms with E-state index in [-0.39, 0.29) is 11.4 Å². The molecule has 0 radical (unpaired) electrons. The van der Waals surface area contributed by atoms with Crippen molar-refractivity contribution in [1.29, 1.82) is 0 Å². The molecule has 2 rings (SSSR count). The molecule has 1 aromatic rings. The van der Waals surface area contributed by atoms with E-state index in [4.69, 9.17) is 4.74 Å². The van der Waals surface area contributed by atoms with Gasteiger partial charge >= 0.3 is 0 Å². The molecule has 116 valence electrons. The molecule has 1 aromatic carbocycles. The van der Waals surface area contributed by atoms with Gasteiger partial charge in [-0.2, -0.15) is 0 Å². The summed E-state index contributed by atoms with van der Waals surface area (Å²) < 4.78 is 6.03. The molecule has 5 heteroatoms. The Balaban J connectivity index is 1.99. The van der Waals surface area contributed by atoms with Crippen molar-refractivity contribution in [3.8, 4) is 5.75 Å². The predicted molar refractivity (Wildman–Crippen MR) is 88.8 cm³/mol. The molecule has 1 aliphatic carbocycles. The van der Waals surface area contributed by atoms with E-state index in [0.717, 1.165) is 28.8 Å². The summed E-state index contributed by atoms with van der Waals surface area (Å²) in [6.07, 6.45) is 6.33. The first-order valence-corrected chi connectivity index (χ1v) is 8.20. The Labute approximate surface area is 134 Å². The molecule has 0 bridgehead atoms. The van der Waals surface area contributed by atoms with Gasteiger partial charge in [-0.25, -0.2) is 0 Å². The second kappa shape index (κ2) is 7.27. The number of methoxy groups -OCH3 is 1. The minimum atomic E-state index is -0.0357. The van der Waals surface area contributed by atoms with E-state index >= 15 is 0 Å². The summed E-state index contributed by atoms with van der Waals surface area (Å²) in [5.74, 6) is 0.815. The van der Waals surface area contributed by atoms with Crippen molar-refractivity contribution in [1.82, 2.24) is 5.32 Å². The fourth-order valence-electron chi connectivity index (χ4n) is 3.00. The van der Waals surface area contributed by atoms with Crippen molar-refractivity contribution in [2.75, 3.05) is 19.5 Å². The minimum Gasteiger partial charge on any atom is -0.496 e. The molecule has 1 aliphatic rings. The molecule has 0 heterocycles. The number of anilines is 1. The van der Waals surface area contributed by atoms with Crippen LogP contribution < -0.4 is 15.4 Å². The number of nitrogens with one attached hydrogen (secondary N) is 2. The van der Waals surface area contributed by atoms with Crippen LogP contribution in [0.1, 0.15) is 38.5 Å². The van der Waals surface area contributed by atoms with Crippen molar-refractivity contribution < 1.29 is 9.53 Å². The SMILES string of the molecule is CNC1(CC(=O)Nc2ccc(OC)c(Br)c2)CCCCC1. The van der Waals surface area contributed by atoms with Crippen LogP contribution in [0.25, 0.3) is 0 Å². The Kier molecular flexibility index (Phi) is 5.65. The van der Waals surface area contributed by atoms with E-state index in [0.29, 0.717) is 6.42 Å². The lowest BCUT2D eigenvalue weighted by Gasteiger charge is -2.36. The van der Waals surface area contributed by atoms with Crippen LogP contribution >= 0.6 is 15.9 Å². The van der Waals surface area contributed by atoms with Crippen LogP contribution in [0.15, 0.2) is 22.7 Å². The lowest BCUT2D eigenvalue weighted by atomic mass is 9.79. The number of carbonyl (C=O) groups excluding carboxylic acids is 1. The molecular formula is C16H23BrN2O2. The smallest absolute Gasteiger partial charge is 0.226 e. The zero-order valence-electron chi connectivity index (χ0n) is 12.7. The van der Waals surface area contributed by atoms with Crippen LogP contribution in [0.2, 0.25) is 0 Å². The monoisotopic (exact) mass is 354 g/mol. The average Bonchev–Trinajstić information content (AvgIpc) is 2.48. The van der Waals surface area contributed by atoms with Gasteiger partial charge in [-0.1, -0.05) is 19.3 Å². The molecule has 0 aliphatic heterocycles. The normalized spacial score (nSPS) is 17.3. The van der Waals surface area contributed by atoms with E-state index in [9.17, 15) is 4.79 Å². The van der Waals surface area contributed by atoms with Gasteiger partial charge in [-0.15, -0.1) is 0 Å². The van der Waals surface area contributed by atoms with Crippen LogP contribution in [-0.4, -0.2) is 25.6 Å². The Morgan fingerprint density at radius 1 is 1.33 bits per heavy atom. The largest absolute Gasteiger partial charge is 0.496 e. The third-order valence-corrected chi connectivity index (χ3v) is 4.90. The molecule has 0 spiro atoms. The minimum absolute atomic E-state index is 0.0357. The van der Waals surface area contributed by atoms with Gasteiger partial charge in [0.25, 0.3) is 0 Å². The van der Waals surface area contributed by atoms with E-state index in [1.54, 1.807) is 7.11 Å². The first-order chi connectivity index (χ1) is 10.1. The summed E-state index contributed by atoms with van der Waals surface area (Å²) in [6.45, 7) is 0. The average molecular weight is 355 g/mol. The molecule has 4 nitrogen and oxygen atoms in total. The van der Waals surface area contributed by atoms with Crippen LogP contribution in [0.5, 0.6) is 5.75 Å². The number of amides is 1. The number of rotatable bonds is 5. The Morgan fingerprint density at radius 2 is 2.05 bits per heavy atom. The molecule has 0 aromatic heterocycles. The lowest BCUT2D eigenvalue weighted by molar-refractivity contribution is -0.117. The number of halogens is 1. The zero-order chi connectivity index (χ0) is 15.3. The number of ether oxygens (including phenoxy) is 1. The molecule has 21 heavy (non-hydrogen) atoms. The predicted octanol–water partition coefficient (Wildman–Crippen LogP) is 3.71. The van der Waals surface area contributed by atoms with Crippen LogP contribution in [-0.2, 0) is 4.79 Å². The van der Waals surface area contributed by atoms with E-state index in [2.05, 4.69) is 26.6 Å². The zero-order valence-corrected chi connectivity index (χ0v) is 14.3. The topological polar surface area (TPSA) is 50.4 Å². The van der Waals surface area contributed by atoms with E-state index in [1.165, 1.54) is 19.3 Å². The van der Waals surface area contributed by atoms with Crippen molar-refractivity contribution in [2.24, 2.45) is 0 Å². The Morgan fingerprint density at radius 3 is 2.62 bits per heavy atom. The van der Waals surface area contributed by atoms with Gasteiger partial charge < -0.3 is 15.4 Å². The molecule has 1 amide bonds. The van der Waals surface area contributed by atoms with Crippen molar-refractivity contribution in [2.45, 2.75) is 44.1 Å². The number of hydrogen-bond acceptors (Lipinski definition) is 3. The highest BCUT2D eigenvalue weighted by molar-refractivity contribution is 9.10. The van der Waals surface area contributed by atoms with Gasteiger partial charge in [0.1, 0.15) is 5.75 Å². The number of benzene rings is 1. The van der Waals surface area contributed by atoms with Gasteiger partial charge in [0.2, 0.25) is 5.91 Å². The first-order valence-electron chi connectivity index (χ1n) is 7.41. The maximum absolute atomic E-state index is 12.3. The Bertz CT molecular complexity index is 499. The molecule has 0 saturated heterocycles. The molecule has 1 fully saturated rings. The fourth-order valence-corrected chi connectivity index (χ4v) is 3.54. The molecular weight excluding hydrogens is 332 g/mol. The van der Waals surface area contributed by atoms with Gasteiger partial charge in [0.05, 0.1) is 11.6 Å². The lowest BCUT2D eigenvalue weighted by Crippen LogP contribution is -2.47. The number of hydrogen-bond donors (Lipinski definition) is 2. The molecule has 0 atom stereocenters. The first kappa shape index (κ1) is 16.3. The summed E-state index contributed by atoms with van der Waals surface area (Å²) >= 11 is 3.43. The van der Waals surface area contributed by atoms with Crippen molar-refractivity contribution in [3.63, 3.8) is 0 Å². The molecule has 2 N–H and O–H groups in total. The van der Waals surface area contributed by atoms with Crippen LogP contribution in [0, 0.1) is 0 Å². The van der Waals surface area contributed by atoms with E-state index < -0.39 is 0 Å². The maximum atomic E-state index is 12.3. The third-order valence-electron chi connectivity index (χ3n) is 4.28. The quantitative estimate of drug-likeness (QED) is 0.847. The van der Waals surface area contributed by atoms with Crippen molar-refractivity contribution >= 4 is 27.5 Å². The van der Waals surface area contributed by atoms with Gasteiger partial charge in [-0.3, -0.25) is 4.79 Å². The second-order valence-corrected chi connectivity index (χ2v) is 6.52. The fraction of sp³-hybridized carbons (Fsp3) is 0.562. The summed E-state index contributed by atoms with van der Waals surface area (Å²) in [6, 6.07) is 5.56. The molecule has 1 saturated carbocycles. The van der Waals surface area contributed by atoms with Gasteiger partial charge in [0, 0.05) is 17.6 Å². The molecule has 0 unspecified atom stereocenters. The van der Waals surface area contributed by atoms with Crippen LogP contribution in [0.3, 0.4) is 0 Å². The third kappa shape index (κ3) is 4.20. The van der Waals surface area contributed by atoms with E-state index in [1.807, 2.05) is 25.2 Å². The maximum Gasteiger partial charge on any atom is 0.226 e. The second-order valence-electron chi connectivity index (χ2n) is 5.67. The number of carbonyl (C=O) groups is 1. The van der Waals surface area contributed by atoms with Gasteiger partial charge in [0.15, 0.2) is 0 Å². The summed E-state index contributed by atoms with van der Waals surface area (Å²) in [5.41, 5.74) is 0.751. The highest BCUT2D eigenvalue weighted by atomic mass is 79.9. The highest BCUT2D eigenvalue weighted by Crippen LogP contribution is 2.32.